The van der Waals surface area contributed by atoms with Crippen LogP contribution in [0.15, 0.2) is 30.6 Å². The number of aryl methyl sites for hydroxylation is 2. The second-order valence-electron chi connectivity index (χ2n) is 6.31. The molecular formula is C18H20ClFN4OS. The van der Waals surface area contributed by atoms with Gasteiger partial charge in [0.05, 0.1) is 4.88 Å². The maximum absolute atomic E-state index is 13.6. The molecule has 0 bridgehead atoms. The summed E-state index contributed by atoms with van der Waals surface area (Å²) in [5, 5.41) is 4.16. The van der Waals surface area contributed by atoms with E-state index in [0.717, 1.165) is 28.0 Å². The maximum Gasteiger partial charge on any atom is 0.264 e. The fourth-order valence-corrected chi connectivity index (χ4v) is 4.55. The fourth-order valence-electron chi connectivity index (χ4n) is 3.40. The molecule has 3 heterocycles. The van der Waals surface area contributed by atoms with Gasteiger partial charge in [0.1, 0.15) is 17.7 Å². The molecule has 3 aromatic rings. The Balaban J connectivity index is 0.00000196. The van der Waals surface area contributed by atoms with Crippen LogP contribution in [0, 0.1) is 12.7 Å². The van der Waals surface area contributed by atoms with E-state index in [0.29, 0.717) is 18.0 Å². The number of rotatable bonds is 2. The van der Waals surface area contributed by atoms with Crippen molar-refractivity contribution in [2.75, 3.05) is 19.6 Å². The summed E-state index contributed by atoms with van der Waals surface area (Å²) in [5.41, 5.74) is 0.849. The van der Waals surface area contributed by atoms with E-state index >= 15 is 0 Å². The Kier molecular flexibility index (Phi) is 5.32. The number of imidazole rings is 1. The van der Waals surface area contributed by atoms with E-state index < -0.39 is 0 Å². The molecule has 1 aromatic carbocycles. The molecule has 1 unspecified atom stereocenters. The molecule has 0 radical (unpaired) electrons. The van der Waals surface area contributed by atoms with Gasteiger partial charge in [-0.3, -0.25) is 4.79 Å². The average molecular weight is 395 g/mol. The van der Waals surface area contributed by atoms with Crippen LogP contribution in [0.1, 0.15) is 27.1 Å². The summed E-state index contributed by atoms with van der Waals surface area (Å²) >= 11 is 1.43. The Bertz CT molecular complexity index is 954. The van der Waals surface area contributed by atoms with Crippen LogP contribution >= 0.6 is 23.7 Å². The lowest BCUT2D eigenvalue weighted by molar-refractivity contribution is 0.0625. The largest absolute Gasteiger partial charge is 0.336 e. The molecule has 2 aromatic heterocycles. The lowest BCUT2D eigenvalue weighted by Crippen LogP contribution is -2.49. The first kappa shape index (κ1) is 18.8. The van der Waals surface area contributed by atoms with Gasteiger partial charge in [-0.2, -0.15) is 0 Å². The molecule has 0 spiro atoms. The average Bonchev–Trinajstić information content (AvgIpc) is 3.18. The number of carbonyl (C=O) groups is 1. The van der Waals surface area contributed by atoms with Gasteiger partial charge >= 0.3 is 0 Å². The lowest BCUT2D eigenvalue weighted by atomic mass is 10.1. The molecule has 1 aliphatic rings. The molecular weight excluding hydrogens is 375 g/mol. The molecule has 4 rings (SSSR count). The third kappa shape index (κ3) is 3.11. The Morgan fingerprint density at radius 2 is 2.23 bits per heavy atom. The Labute approximate surface area is 161 Å². The molecule has 0 saturated carbocycles. The summed E-state index contributed by atoms with van der Waals surface area (Å²) in [6.07, 6.45) is 3.64. The Hall–Kier alpha value is -1.96. The van der Waals surface area contributed by atoms with Crippen molar-refractivity contribution in [3.05, 3.63) is 52.7 Å². The second-order valence-corrected chi connectivity index (χ2v) is 7.36. The quantitative estimate of drug-likeness (QED) is 0.725. The predicted molar refractivity (Wildman–Crippen MR) is 104 cm³/mol. The van der Waals surface area contributed by atoms with E-state index in [1.165, 1.54) is 23.5 Å². The number of benzene rings is 1. The smallest absolute Gasteiger partial charge is 0.264 e. The predicted octanol–water partition coefficient (Wildman–Crippen LogP) is 3.29. The van der Waals surface area contributed by atoms with Crippen molar-refractivity contribution >= 4 is 39.7 Å². The number of fused-ring (bicyclic) bond motifs is 1. The van der Waals surface area contributed by atoms with Crippen LogP contribution < -0.4 is 5.32 Å². The Morgan fingerprint density at radius 3 is 2.96 bits per heavy atom. The van der Waals surface area contributed by atoms with Crippen LogP contribution in [0.3, 0.4) is 0 Å². The lowest BCUT2D eigenvalue weighted by Gasteiger charge is -2.35. The summed E-state index contributed by atoms with van der Waals surface area (Å²) < 4.78 is 16.4. The first-order valence-corrected chi connectivity index (χ1v) is 9.05. The highest BCUT2D eigenvalue weighted by Gasteiger charge is 2.32. The highest BCUT2D eigenvalue weighted by Crippen LogP contribution is 2.34. The molecule has 1 atom stereocenters. The summed E-state index contributed by atoms with van der Waals surface area (Å²) in [6, 6.07) is 4.58. The minimum Gasteiger partial charge on any atom is -0.336 e. The number of thiophene rings is 1. The van der Waals surface area contributed by atoms with Crippen LogP contribution in [-0.2, 0) is 7.05 Å². The van der Waals surface area contributed by atoms with E-state index in [2.05, 4.69) is 10.3 Å². The van der Waals surface area contributed by atoms with Crippen molar-refractivity contribution in [2.24, 2.45) is 7.05 Å². The number of piperazine rings is 1. The van der Waals surface area contributed by atoms with E-state index in [9.17, 15) is 9.18 Å². The molecule has 1 aliphatic heterocycles. The summed E-state index contributed by atoms with van der Waals surface area (Å²) in [7, 11) is 1.94. The number of halogens is 2. The van der Waals surface area contributed by atoms with Gasteiger partial charge in [0, 0.05) is 43.8 Å². The van der Waals surface area contributed by atoms with Crippen LogP contribution in [0.5, 0.6) is 0 Å². The van der Waals surface area contributed by atoms with Crippen molar-refractivity contribution in [3.8, 4) is 0 Å². The van der Waals surface area contributed by atoms with Gasteiger partial charge in [-0.15, -0.1) is 23.7 Å². The zero-order valence-corrected chi connectivity index (χ0v) is 16.2. The van der Waals surface area contributed by atoms with Crippen molar-refractivity contribution in [2.45, 2.75) is 13.0 Å². The van der Waals surface area contributed by atoms with E-state index in [4.69, 9.17) is 0 Å². The summed E-state index contributed by atoms with van der Waals surface area (Å²) in [4.78, 5) is 20.3. The van der Waals surface area contributed by atoms with Crippen LogP contribution in [0.25, 0.3) is 10.1 Å². The molecule has 1 saturated heterocycles. The number of aromatic nitrogens is 2. The van der Waals surface area contributed by atoms with Crippen LogP contribution in [0.4, 0.5) is 4.39 Å². The van der Waals surface area contributed by atoms with Gasteiger partial charge < -0.3 is 14.8 Å². The number of nitrogens with zero attached hydrogens (tertiary/aromatic N) is 3. The molecule has 0 aliphatic carbocycles. The normalized spacial score (nSPS) is 17.3. The third-order valence-electron chi connectivity index (χ3n) is 4.75. The first-order valence-electron chi connectivity index (χ1n) is 8.24. The minimum absolute atomic E-state index is 0. The van der Waals surface area contributed by atoms with Gasteiger partial charge in [-0.1, -0.05) is 0 Å². The second kappa shape index (κ2) is 7.34. The van der Waals surface area contributed by atoms with Gasteiger partial charge in [0.25, 0.3) is 5.91 Å². The van der Waals surface area contributed by atoms with Gasteiger partial charge in [0.2, 0.25) is 0 Å². The van der Waals surface area contributed by atoms with Gasteiger partial charge in [-0.05, 0) is 36.1 Å². The number of nitrogens with one attached hydrogen (secondary N) is 1. The number of carbonyl (C=O) groups excluding carboxylic acids is 1. The van der Waals surface area contributed by atoms with Crippen molar-refractivity contribution in [1.82, 2.24) is 19.8 Å². The molecule has 1 fully saturated rings. The zero-order chi connectivity index (χ0) is 17.6. The number of amides is 1. The van der Waals surface area contributed by atoms with Crippen molar-refractivity contribution in [1.29, 1.82) is 0 Å². The van der Waals surface area contributed by atoms with Gasteiger partial charge in [-0.25, -0.2) is 9.37 Å². The number of hydrogen-bond donors (Lipinski definition) is 1. The topological polar surface area (TPSA) is 50.2 Å². The highest BCUT2D eigenvalue weighted by molar-refractivity contribution is 7.21. The SMILES string of the molecule is Cc1c(C(=O)N2CCNCC2c2nccn2C)sc2ccc(F)cc12.Cl. The molecule has 1 amide bonds. The molecule has 1 N–H and O–H groups in total. The van der Waals surface area contributed by atoms with Crippen LogP contribution in [0.2, 0.25) is 0 Å². The third-order valence-corrected chi connectivity index (χ3v) is 6.01. The monoisotopic (exact) mass is 394 g/mol. The molecule has 5 nitrogen and oxygen atoms in total. The Morgan fingerprint density at radius 1 is 1.42 bits per heavy atom. The van der Waals surface area contributed by atoms with E-state index in [1.54, 1.807) is 12.3 Å². The van der Waals surface area contributed by atoms with Crippen molar-refractivity contribution < 1.29 is 9.18 Å². The van der Waals surface area contributed by atoms with Crippen molar-refractivity contribution in [3.63, 3.8) is 0 Å². The van der Waals surface area contributed by atoms with Gasteiger partial charge in [0.15, 0.2) is 0 Å². The molecule has 26 heavy (non-hydrogen) atoms. The summed E-state index contributed by atoms with van der Waals surface area (Å²) in [5.74, 6) is 0.583. The zero-order valence-electron chi connectivity index (χ0n) is 14.5. The summed E-state index contributed by atoms with van der Waals surface area (Å²) in [6.45, 7) is 3.95. The minimum atomic E-state index is -0.277. The fraction of sp³-hybridized carbons (Fsp3) is 0.333. The standard InChI is InChI=1S/C18H19FN4OS.ClH/c1-11-13-9-12(19)3-4-15(13)25-16(11)18(24)23-8-5-20-10-14(23)17-21-6-7-22(17)2;/h3-4,6-7,9,14,20H,5,8,10H2,1-2H3;1H. The molecule has 138 valence electrons. The maximum atomic E-state index is 13.6. The van der Waals surface area contributed by atoms with E-state index in [1.807, 2.05) is 29.6 Å². The van der Waals surface area contributed by atoms with Crippen LogP contribution in [-0.4, -0.2) is 40.0 Å². The highest BCUT2D eigenvalue weighted by atomic mass is 35.5. The molecule has 8 heteroatoms. The van der Waals surface area contributed by atoms with E-state index in [-0.39, 0.29) is 30.2 Å². The first-order chi connectivity index (χ1) is 12.1. The number of hydrogen-bond acceptors (Lipinski definition) is 4.